The topological polar surface area (TPSA) is 180 Å². The van der Waals surface area contributed by atoms with E-state index in [1.807, 2.05) is 36.4 Å². The lowest BCUT2D eigenvalue weighted by Crippen LogP contribution is -2.60. The van der Waals surface area contributed by atoms with Gasteiger partial charge in [0.05, 0.1) is 12.3 Å². The summed E-state index contributed by atoms with van der Waals surface area (Å²) in [5, 5.41) is 45.7. The summed E-state index contributed by atoms with van der Waals surface area (Å²) in [5.41, 5.74) is 6.61. The van der Waals surface area contributed by atoms with Gasteiger partial charge in [-0.15, -0.1) is 11.6 Å². The lowest BCUT2D eigenvalue weighted by molar-refractivity contribution is -0.277. The van der Waals surface area contributed by atoms with Crippen LogP contribution in [0.4, 0.5) is 11.4 Å². The smallest absolute Gasteiger partial charge is 0.274 e. The first-order valence-electron chi connectivity index (χ1n) is 16.8. The molecule has 1 saturated heterocycles. The zero-order chi connectivity index (χ0) is 34.7. The van der Waals surface area contributed by atoms with E-state index in [-0.39, 0.29) is 17.7 Å². The first-order valence-corrected chi connectivity index (χ1v) is 17.3. The van der Waals surface area contributed by atoms with E-state index in [1.54, 1.807) is 29.2 Å². The average molecular weight is 701 g/mol. The molecule has 260 valence electrons. The van der Waals surface area contributed by atoms with Crippen LogP contribution in [0.1, 0.15) is 56.4 Å². The summed E-state index contributed by atoms with van der Waals surface area (Å²) in [6.45, 7) is -0.218. The number of hydrogen-bond acceptors (Lipinski definition) is 8. The number of carbonyl (C=O) groups excluding carboxylic acids is 2. The SMILES string of the molecule is O=C(Nc1ccc2[nH]c(C(=O)N3CC(CCl)c4c3cc(O[C@@H]3O[C@H](CO)[C@H](O)[C@H](O)[C@H]3O)c3c4CCCC3)cc2c1)c1cc2ccccc2[nH]1. The van der Waals surface area contributed by atoms with Gasteiger partial charge < -0.3 is 50.1 Å². The molecule has 50 heavy (non-hydrogen) atoms. The number of nitrogens with zero attached hydrogens (tertiary/aromatic N) is 1. The number of alkyl halides is 1. The minimum Gasteiger partial charge on any atom is -0.462 e. The van der Waals surface area contributed by atoms with Crippen LogP contribution in [0.2, 0.25) is 0 Å². The summed E-state index contributed by atoms with van der Waals surface area (Å²) < 4.78 is 11.9. The van der Waals surface area contributed by atoms with E-state index < -0.39 is 37.3 Å². The van der Waals surface area contributed by atoms with Crippen molar-refractivity contribution in [3.05, 3.63) is 88.7 Å². The van der Waals surface area contributed by atoms with Gasteiger partial charge in [0.1, 0.15) is 41.6 Å². The van der Waals surface area contributed by atoms with Gasteiger partial charge in [-0.3, -0.25) is 9.59 Å². The molecule has 13 heteroatoms. The number of aliphatic hydroxyl groups is 4. The summed E-state index contributed by atoms with van der Waals surface area (Å²) >= 11 is 6.52. The predicted molar refractivity (Wildman–Crippen MR) is 187 cm³/mol. The van der Waals surface area contributed by atoms with Gasteiger partial charge in [0, 0.05) is 51.9 Å². The van der Waals surface area contributed by atoms with Crippen molar-refractivity contribution in [3.8, 4) is 5.75 Å². The maximum atomic E-state index is 14.2. The summed E-state index contributed by atoms with van der Waals surface area (Å²) in [4.78, 5) is 35.3. The zero-order valence-corrected chi connectivity index (χ0v) is 27.7. The van der Waals surface area contributed by atoms with E-state index in [4.69, 9.17) is 21.1 Å². The Bertz CT molecular complexity index is 2080. The van der Waals surface area contributed by atoms with Gasteiger partial charge >= 0.3 is 0 Å². The molecular formula is C37H37ClN4O8. The average Bonchev–Trinajstić information content (AvgIpc) is 3.86. The van der Waals surface area contributed by atoms with Crippen molar-refractivity contribution in [2.45, 2.75) is 62.3 Å². The van der Waals surface area contributed by atoms with Gasteiger partial charge in [-0.25, -0.2) is 0 Å². The van der Waals surface area contributed by atoms with Crippen LogP contribution in [0.5, 0.6) is 5.75 Å². The zero-order valence-electron chi connectivity index (χ0n) is 26.9. The number of H-pyrrole nitrogens is 2. The third kappa shape index (κ3) is 5.62. The molecule has 3 aromatic carbocycles. The van der Waals surface area contributed by atoms with E-state index in [2.05, 4.69) is 15.3 Å². The number of ether oxygens (including phenoxy) is 2. The number of benzene rings is 3. The Morgan fingerprint density at radius 3 is 2.42 bits per heavy atom. The molecule has 2 amide bonds. The van der Waals surface area contributed by atoms with Crippen LogP contribution in [-0.2, 0) is 17.6 Å². The minimum atomic E-state index is -1.58. The molecule has 0 bridgehead atoms. The second-order valence-electron chi connectivity index (χ2n) is 13.3. The fraction of sp³-hybridized carbons (Fsp3) is 0.351. The largest absolute Gasteiger partial charge is 0.462 e. The van der Waals surface area contributed by atoms with Crippen molar-refractivity contribution in [2.24, 2.45) is 0 Å². The summed E-state index contributed by atoms with van der Waals surface area (Å²) in [6.07, 6.45) is -3.80. The number of aromatic amines is 2. The lowest BCUT2D eigenvalue weighted by Gasteiger charge is -2.40. The number of halogens is 1. The Morgan fingerprint density at radius 1 is 0.900 bits per heavy atom. The molecule has 0 radical (unpaired) electrons. The third-order valence-corrected chi connectivity index (χ3v) is 10.5. The summed E-state index contributed by atoms with van der Waals surface area (Å²) in [5.74, 6) is 0.0522. The number of rotatable bonds is 7. The molecule has 0 spiro atoms. The van der Waals surface area contributed by atoms with Gasteiger partial charge in [0.2, 0.25) is 6.29 Å². The van der Waals surface area contributed by atoms with Crippen molar-refractivity contribution in [1.29, 1.82) is 0 Å². The van der Waals surface area contributed by atoms with Crippen LogP contribution in [0.15, 0.2) is 60.7 Å². The van der Waals surface area contributed by atoms with E-state index in [0.29, 0.717) is 47.4 Å². The Kier molecular flexibility index (Phi) is 8.54. The van der Waals surface area contributed by atoms with Gasteiger partial charge in [0.15, 0.2) is 0 Å². The van der Waals surface area contributed by atoms with Crippen molar-refractivity contribution in [1.82, 2.24) is 9.97 Å². The molecule has 2 aliphatic heterocycles. The highest BCUT2D eigenvalue weighted by molar-refractivity contribution is 6.19. The number of fused-ring (bicyclic) bond motifs is 5. The van der Waals surface area contributed by atoms with E-state index >= 15 is 0 Å². The third-order valence-electron chi connectivity index (χ3n) is 10.1. The molecule has 7 N–H and O–H groups in total. The predicted octanol–water partition coefficient (Wildman–Crippen LogP) is 3.94. The van der Waals surface area contributed by atoms with E-state index in [9.17, 15) is 30.0 Å². The molecule has 2 aromatic heterocycles. The Morgan fingerprint density at radius 2 is 1.64 bits per heavy atom. The fourth-order valence-corrected chi connectivity index (χ4v) is 7.84. The number of aromatic nitrogens is 2. The number of hydrogen-bond donors (Lipinski definition) is 7. The van der Waals surface area contributed by atoms with Crippen LogP contribution in [-0.4, -0.2) is 91.9 Å². The number of para-hydroxylation sites is 1. The van der Waals surface area contributed by atoms with Crippen LogP contribution in [0.25, 0.3) is 21.8 Å². The molecule has 1 aliphatic carbocycles. The Labute approximate surface area is 291 Å². The first kappa shape index (κ1) is 32.8. The normalized spacial score (nSPS) is 24.7. The van der Waals surface area contributed by atoms with Gasteiger partial charge in [-0.2, -0.15) is 0 Å². The monoisotopic (exact) mass is 700 g/mol. The number of carbonyl (C=O) groups is 2. The number of nitrogens with one attached hydrogen (secondary N) is 3. The molecular weight excluding hydrogens is 664 g/mol. The Balaban J connectivity index is 1.09. The van der Waals surface area contributed by atoms with E-state index in [0.717, 1.165) is 57.8 Å². The molecule has 1 unspecified atom stereocenters. The van der Waals surface area contributed by atoms with Gasteiger partial charge in [0.25, 0.3) is 11.8 Å². The number of aliphatic hydroxyl groups excluding tert-OH is 4. The highest BCUT2D eigenvalue weighted by Gasteiger charge is 2.45. The van der Waals surface area contributed by atoms with Crippen molar-refractivity contribution >= 4 is 56.6 Å². The summed E-state index contributed by atoms with van der Waals surface area (Å²) in [7, 11) is 0. The lowest BCUT2D eigenvalue weighted by atomic mass is 9.84. The summed E-state index contributed by atoms with van der Waals surface area (Å²) in [6, 6.07) is 18.4. The molecule has 5 aromatic rings. The molecule has 12 nitrogen and oxygen atoms in total. The van der Waals surface area contributed by atoms with Crippen molar-refractivity contribution in [2.75, 3.05) is 29.2 Å². The van der Waals surface area contributed by atoms with E-state index in [1.165, 1.54) is 0 Å². The quantitative estimate of drug-likeness (QED) is 0.125. The second kappa shape index (κ2) is 13.0. The van der Waals surface area contributed by atoms with Gasteiger partial charge in [-0.1, -0.05) is 18.2 Å². The molecule has 4 heterocycles. The van der Waals surface area contributed by atoms with Crippen LogP contribution in [0.3, 0.4) is 0 Å². The van der Waals surface area contributed by atoms with Crippen LogP contribution in [0, 0.1) is 0 Å². The molecule has 3 aliphatic rings. The standard InChI is InChI=1S/C37H37ClN4O8/c38-15-20-16-42(28-14-29(22-6-2-3-7-23(22)31(20)28)49-37-34(46)33(45)32(44)30(17-43)50-37)36(48)27-13-19-11-21(9-10-25(19)41-27)39-35(47)26-12-18-5-1-4-8-24(18)40-26/h1,4-5,8-14,20,30,32-34,37,40-41,43-46H,2-3,6-7,15-17H2,(H,39,47)/t20?,30-,32+,33+,34-,37-/m1/s1. The molecule has 8 rings (SSSR count). The van der Waals surface area contributed by atoms with Crippen molar-refractivity contribution < 1.29 is 39.5 Å². The minimum absolute atomic E-state index is 0.111. The molecule has 0 saturated carbocycles. The maximum Gasteiger partial charge on any atom is 0.274 e. The highest BCUT2D eigenvalue weighted by Crippen LogP contribution is 2.47. The second-order valence-corrected chi connectivity index (χ2v) is 13.6. The number of amides is 2. The molecule has 6 atom stereocenters. The highest BCUT2D eigenvalue weighted by atomic mass is 35.5. The van der Waals surface area contributed by atoms with Crippen LogP contribution < -0.4 is 15.0 Å². The molecule has 1 fully saturated rings. The van der Waals surface area contributed by atoms with Crippen molar-refractivity contribution in [3.63, 3.8) is 0 Å². The first-order chi connectivity index (χ1) is 24.2. The van der Waals surface area contributed by atoms with Gasteiger partial charge in [-0.05, 0) is 78.8 Å². The number of anilines is 2. The fourth-order valence-electron chi connectivity index (χ4n) is 7.59. The van der Waals surface area contributed by atoms with Crippen LogP contribution >= 0.6 is 11.6 Å². The maximum absolute atomic E-state index is 14.2. The Hall–Kier alpha value is -4.43.